The molecule has 0 unspecified atom stereocenters. The summed E-state index contributed by atoms with van der Waals surface area (Å²) in [5.74, 6) is 0.981. The number of carbonyl (C=O) groups is 1. The van der Waals surface area contributed by atoms with Crippen molar-refractivity contribution in [3.05, 3.63) is 59.3 Å². The van der Waals surface area contributed by atoms with Gasteiger partial charge < -0.3 is 11.1 Å². The molecule has 3 rings (SSSR count). The first-order chi connectivity index (χ1) is 13.0. The molecule has 2 aromatic rings. The summed E-state index contributed by atoms with van der Waals surface area (Å²) in [6.45, 7) is 7.55. The third kappa shape index (κ3) is 5.79. The van der Waals surface area contributed by atoms with Gasteiger partial charge in [0.2, 0.25) is 5.91 Å². The van der Waals surface area contributed by atoms with E-state index in [4.69, 9.17) is 5.73 Å². The molecule has 1 atom stereocenters. The van der Waals surface area contributed by atoms with Crippen LogP contribution in [0.25, 0.3) is 0 Å². The predicted molar refractivity (Wildman–Crippen MR) is 110 cm³/mol. The molecule has 1 saturated heterocycles. The third-order valence-electron chi connectivity index (χ3n) is 4.98. The minimum atomic E-state index is -0.424. The van der Waals surface area contributed by atoms with E-state index < -0.39 is 5.91 Å². The minimum Gasteiger partial charge on any atom is -0.366 e. The minimum absolute atomic E-state index is 0.328. The van der Waals surface area contributed by atoms with E-state index >= 15 is 0 Å². The molecule has 3 N–H and O–H groups in total. The number of benzene rings is 1. The van der Waals surface area contributed by atoms with Crippen LogP contribution in [-0.4, -0.2) is 34.9 Å². The number of aromatic nitrogens is 1. The standard InChI is InChI=1S/C22H30N4O/c1-16(2)12-17-5-7-18(8-6-17)14-26-11-3-4-20(15-26)25-21-13-19(22(23)27)9-10-24-21/h5-10,13,16,20H,3-4,11-12,14-15H2,1-2H3,(H2,23,27)(H,24,25)/t20-/m1/s1. The number of pyridine rings is 1. The Bertz CT molecular complexity index is 757. The van der Waals surface area contributed by atoms with Crippen molar-refractivity contribution in [2.24, 2.45) is 11.7 Å². The summed E-state index contributed by atoms with van der Waals surface area (Å²) in [4.78, 5) is 18.1. The highest BCUT2D eigenvalue weighted by molar-refractivity contribution is 5.93. The van der Waals surface area contributed by atoms with E-state index in [1.54, 1.807) is 18.3 Å². The van der Waals surface area contributed by atoms with E-state index in [1.807, 2.05) is 0 Å². The number of hydrogen-bond donors (Lipinski definition) is 2. The highest BCUT2D eigenvalue weighted by Gasteiger charge is 2.20. The van der Waals surface area contributed by atoms with Crippen LogP contribution < -0.4 is 11.1 Å². The fraction of sp³-hybridized carbons (Fsp3) is 0.455. The highest BCUT2D eigenvalue weighted by atomic mass is 16.1. The number of nitrogens with zero attached hydrogens (tertiary/aromatic N) is 2. The van der Waals surface area contributed by atoms with Crippen LogP contribution in [0.5, 0.6) is 0 Å². The molecule has 1 aromatic carbocycles. The molecule has 1 fully saturated rings. The number of rotatable bonds is 7. The Morgan fingerprint density at radius 1 is 1.26 bits per heavy atom. The van der Waals surface area contributed by atoms with Gasteiger partial charge in [0, 0.05) is 30.9 Å². The Balaban J connectivity index is 1.56. The van der Waals surface area contributed by atoms with Gasteiger partial charge in [-0.3, -0.25) is 9.69 Å². The second-order valence-electron chi connectivity index (χ2n) is 7.93. The zero-order valence-electron chi connectivity index (χ0n) is 16.3. The van der Waals surface area contributed by atoms with E-state index in [1.165, 1.54) is 11.1 Å². The first-order valence-electron chi connectivity index (χ1n) is 9.82. The molecule has 1 aliphatic heterocycles. The number of carbonyl (C=O) groups excluding carboxylic acids is 1. The summed E-state index contributed by atoms with van der Waals surface area (Å²) in [6, 6.07) is 12.7. The van der Waals surface area contributed by atoms with Gasteiger partial charge in [0.25, 0.3) is 0 Å². The fourth-order valence-electron chi connectivity index (χ4n) is 3.70. The molecular weight excluding hydrogens is 336 g/mol. The summed E-state index contributed by atoms with van der Waals surface area (Å²) in [6.07, 6.45) is 5.01. The Hall–Kier alpha value is -2.40. The number of piperidine rings is 1. The van der Waals surface area contributed by atoms with Gasteiger partial charge in [0.1, 0.15) is 5.82 Å². The van der Waals surface area contributed by atoms with Crippen LogP contribution in [0.3, 0.4) is 0 Å². The fourth-order valence-corrected chi connectivity index (χ4v) is 3.70. The Morgan fingerprint density at radius 3 is 2.70 bits per heavy atom. The van der Waals surface area contributed by atoms with Gasteiger partial charge in [-0.1, -0.05) is 38.1 Å². The van der Waals surface area contributed by atoms with Gasteiger partial charge in [-0.2, -0.15) is 0 Å². The zero-order valence-corrected chi connectivity index (χ0v) is 16.3. The summed E-state index contributed by atoms with van der Waals surface area (Å²) in [5.41, 5.74) is 8.61. The maximum atomic E-state index is 11.3. The van der Waals surface area contributed by atoms with Crippen molar-refractivity contribution in [3.63, 3.8) is 0 Å². The Kier molecular flexibility index (Phi) is 6.45. The summed E-state index contributed by atoms with van der Waals surface area (Å²) in [5, 5.41) is 3.46. The second kappa shape index (κ2) is 9.00. The van der Waals surface area contributed by atoms with E-state index in [0.717, 1.165) is 44.7 Å². The number of primary amides is 1. The molecule has 0 saturated carbocycles. The lowest BCUT2D eigenvalue weighted by Crippen LogP contribution is -2.41. The number of hydrogen-bond acceptors (Lipinski definition) is 4. The molecule has 1 amide bonds. The van der Waals surface area contributed by atoms with E-state index in [0.29, 0.717) is 17.5 Å². The molecule has 1 aliphatic rings. The lowest BCUT2D eigenvalue weighted by molar-refractivity contribution is 0.1000. The molecule has 0 radical (unpaired) electrons. The number of anilines is 1. The van der Waals surface area contributed by atoms with Crippen LogP contribution >= 0.6 is 0 Å². The summed E-state index contributed by atoms with van der Waals surface area (Å²) in [7, 11) is 0. The van der Waals surface area contributed by atoms with Gasteiger partial charge in [-0.05, 0) is 55.0 Å². The van der Waals surface area contributed by atoms with Crippen LogP contribution in [0.15, 0.2) is 42.6 Å². The van der Waals surface area contributed by atoms with Gasteiger partial charge in [0.15, 0.2) is 0 Å². The monoisotopic (exact) mass is 366 g/mol. The normalized spacial score (nSPS) is 17.8. The number of likely N-dealkylation sites (tertiary alicyclic amines) is 1. The van der Waals surface area contributed by atoms with Crippen molar-refractivity contribution >= 4 is 11.7 Å². The van der Waals surface area contributed by atoms with Crippen molar-refractivity contribution in [1.29, 1.82) is 0 Å². The molecule has 27 heavy (non-hydrogen) atoms. The molecule has 0 aliphatic carbocycles. The highest BCUT2D eigenvalue weighted by Crippen LogP contribution is 2.18. The van der Waals surface area contributed by atoms with Crippen molar-refractivity contribution < 1.29 is 4.79 Å². The average molecular weight is 367 g/mol. The van der Waals surface area contributed by atoms with Crippen molar-refractivity contribution in [3.8, 4) is 0 Å². The van der Waals surface area contributed by atoms with Crippen LogP contribution in [0, 0.1) is 5.92 Å². The van der Waals surface area contributed by atoms with E-state index in [-0.39, 0.29) is 0 Å². The lowest BCUT2D eigenvalue weighted by atomic mass is 10.0. The van der Waals surface area contributed by atoms with Crippen LogP contribution in [0.4, 0.5) is 5.82 Å². The number of nitrogens with one attached hydrogen (secondary N) is 1. The summed E-state index contributed by atoms with van der Waals surface area (Å²) < 4.78 is 0. The summed E-state index contributed by atoms with van der Waals surface area (Å²) >= 11 is 0. The maximum Gasteiger partial charge on any atom is 0.248 e. The molecule has 1 aromatic heterocycles. The van der Waals surface area contributed by atoms with Crippen molar-refractivity contribution in [2.75, 3.05) is 18.4 Å². The molecule has 144 valence electrons. The van der Waals surface area contributed by atoms with Gasteiger partial charge in [-0.15, -0.1) is 0 Å². The quantitative estimate of drug-likeness (QED) is 0.787. The zero-order chi connectivity index (χ0) is 19.2. The predicted octanol–water partition coefficient (Wildman–Crippen LogP) is 3.46. The Labute approximate surface area is 162 Å². The van der Waals surface area contributed by atoms with Crippen molar-refractivity contribution in [2.45, 2.75) is 45.7 Å². The average Bonchev–Trinajstić information content (AvgIpc) is 2.63. The Morgan fingerprint density at radius 2 is 2.00 bits per heavy atom. The molecule has 5 heteroatoms. The molecule has 5 nitrogen and oxygen atoms in total. The first kappa shape index (κ1) is 19.4. The van der Waals surface area contributed by atoms with Crippen LogP contribution in [0.1, 0.15) is 48.2 Å². The lowest BCUT2D eigenvalue weighted by Gasteiger charge is -2.33. The van der Waals surface area contributed by atoms with Crippen molar-refractivity contribution in [1.82, 2.24) is 9.88 Å². The van der Waals surface area contributed by atoms with Gasteiger partial charge in [-0.25, -0.2) is 4.98 Å². The molecular formula is C22H30N4O. The smallest absolute Gasteiger partial charge is 0.248 e. The SMILES string of the molecule is CC(C)Cc1ccc(CN2CCC[C@@H](Nc3cc(C(N)=O)ccn3)C2)cc1. The largest absolute Gasteiger partial charge is 0.366 e. The van der Waals surface area contributed by atoms with Gasteiger partial charge >= 0.3 is 0 Å². The maximum absolute atomic E-state index is 11.3. The third-order valence-corrected chi connectivity index (χ3v) is 4.98. The number of nitrogens with two attached hydrogens (primary N) is 1. The van der Waals surface area contributed by atoms with Crippen LogP contribution in [-0.2, 0) is 13.0 Å². The molecule has 2 heterocycles. The number of amides is 1. The van der Waals surface area contributed by atoms with E-state index in [9.17, 15) is 4.79 Å². The van der Waals surface area contributed by atoms with Crippen LogP contribution in [0.2, 0.25) is 0 Å². The van der Waals surface area contributed by atoms with E-state index in [2.05, 4.69) is 53.3 Å². The second-order valence-corrected chi connectivity index (χ2v) is 7.93. The topological polar surface area (TPSA) is 71.2 Å². The molecule has 0 spiro atoms. The first-order valence-corrected chi connectivity index (χ1v) is 9.82. The van der Waals surface area contributed by atoms with Gasteiger partial charge in [0.05, 0.1) is 0 Å². The molecule has 0 bridgehead atoms.